The molecule has 1 saturated heterocycles. The number of aromatic nitrogens is 5. The van der Waals surface area contributed by atoms with Gasteiger partial charge in [0, 0.05) is 37.7 Å². The maximum Gasteiger partial charge on any atom is 0.276 e. The average molecular weight is 368 g/mol. The SMILES string of the molecule is CCc1cc(C(=O)N2CCC(c3nnc(-c4cnc(C)cn4)o3)CC2)no1. The second-order valence-corrected chi connectivity index (χ2v) is 6.59. The van der Waals surface area contributed by atoms with Gasteiger partial charge in [-0.25, -0.2) is 4.98 Å². The van der Waals surface area contributed by atoms with Crippen molar-refractivity contribution in [1.82, 2.24) is 30.2 Å². The van der Waals surface area contributed by atoms with Crippen LogP contribution in [0.4, 0.5) is 0 Å². The molecule has 1 amide bonds. The maximum absolute atomic E-state index is 12.5. The van der Waals surface area contributed by atoms with Crippen LogP contribution in [0, 0.1) is 6.92 Å². The van der Waals surface area contributed by atoms with Crippen LogP contribution in [-0.4, -0.2) is 49.2 Å². The van der Waals surface area contributed by atoms with E-state index in [1.165, 1.54) is 0 Å². The van der Waals surface area contributed by atoms with Crippen molar-refractivity contribution >= 4 is 5.91 Å². The van der Waals surface area contributed by atoms with Gasteiger partial charge in [0.05, 0.1) is 11.9 Å². The molecule has 1 aliphatic rings. The number of likely N-dealkylation sites (tertiary alicyclic amines) is 1. The Morgan fingerprint density at radius 2 is 2.04 bits per heavy atom. The lowest BCUT2D eigenvalue weighted by molar-refractivity contribution is 0.0696. The Morgan fingerprint density at radius 1 is 1.22 bits per heavy atom. The molecule has 3 aromatic heterocycles. The van der Waals surface area contributed by atoms with E-state index in [4.69, 9.17) is 8.94 Å². The van der Waals surface area contributed by atoms with Crippen molar-refractivity contribution in [3.05, 3.63) is 41.5 Å². The van der Waals surface area contributed by atoms with Crippen molar-refractivity contribution < 1.29 is 13.7 Å². The number of nitrogens with zero attached hydrogens (tertiary/aromatic N) is 6. The number of piperidine rings is 1. The normalized spacial score (nSPS) is 15.3. The van der Waals surface area contributed by atoms with Crippen LogP contribution in [0.3, 0.4) is 0 Å². The summed E-state index contributed by atoms with van der Waals surface area (Å²) in [7, 11) is 0. The zero-order chi connectivity index (χ0) is 18.8. The van der Waals surface area contributed by atoms with Gasteiger partial charge >= 0.3 is 0 Å². The van der Waals surface area contributed by atoms with Crippen LogP contribution in [-0.2, 0) is 6.42 Å². The Kier molecular flexibility index (Phi) is 4.66. The van der Waals surface area contributed by atoms with Crippen LogP contribution in [0.2, 0.25) is 0 Å². The average Bonchev–Trinajstić information content (AvgIpc) is 3.38. The highest BCUT2D eigenvalue weighted by atomic mass is 16.5. The van der Waals surface area contributed by atoms with E-state index in [0.29, 0.717) is 48.4 Å². The van der Waals surface area contributed by atoms with E-state index >= 15 is 0 Å². The minimum absolute atomic E-state index is 0.0990. The summed E-state index contributed by atoms with van der Waals surface area (Å²) in [6, 6.07) is 1.71. The third kappa shape index (κ3) is 3.57. The van der Waals surface area contributed by atoms with Crippen LogP contribution in [0.25, 0.3) is 11.6 Å². The molecule has 9 nitrogen and oxygen atoms in total. The molecule has 0 spiro atoms. The third-order valence-corrected chi connectivity index (χ3v) is 4.70. The Hall–Kier alpha value is -3.10. The van der Waals surface area contributed by atoms with Gasteiger partial charge in [-0.05, 0) is 19.8 Å². The number of hydrogen-bond donors (Lipinski definition) is 0. The molecule has 9 heteroatoms. The monoisotopic (exact) mass is 368 g/mol. The van der Waals surface area contributed by atoms with Crippen molar-refractivity contribution in [1.29, 1.82) is 0 Å². The number of rotatable bonds is 4. The molecule has 0 N–H and O–H groups in total. The van der Waals surface area contributed by atoms with Crippen LogP contribution in [0.15, 0.2) is 27.4 Å². The van der Waals surface area contributed by atoms with E-state index in [2.05, 4.69) is 25.3 Å². The summed E-state index contributed by atoms with van der Waals surface area (Å²) in [5.74, 6) is 1.68. The van der Waals surface area contributed by atoms with Crippen LogP contribution in [0.5, 0.6) is 0 Å². The number of amides is 1. The standard InChI is InChI=1S/C18H20N6O3/c1-3-13-8-14(23-27-13)18(25)24-6-4-12(5-7-24)16-21-22-17(26-16)15-10-19-11(2)9-20-15/h8-10,12H,3-7H2,1-2H3. The molecule has 0 aromatic carbocycles. The van der Waals surface area contributed by atoms with Gasteiger partial charge in [0.2, 0.25) is 5.89 Å². The summed E-state index contributed by atoms with van der Waals surface area (Å²) in [5, 5.41) is 12.1. The number of carbonyl (C=O) groups excluding carboxylic acids is 1. The van der Waals surface area contributed by atoms with E-state index in [0.717, 1.165) is 18.5 Å². The second-order valence-electron chi connectivity index (χ2n) is 6.59. The molecule has 0 atom stereocenters. The molecule has 140 valence electrons. The van der Waals surface area contributed by atoms with Gasteiger partial charge in [-0.2, -0.15) is 0 Å². The van der Waals surface area contributed by atoms with E-state index in [1.54, 1.807) is 23.4 Å². The van der Waals surface area contributed by atoms with Gasteiger partial charge in [-0.3, -0.25) is 9.78 Å². The fourth-order valence-corrected chi connectivity index (χ4v) is 3.08. The summed E-state index contributed by atoms with van der Waals surface area (Å²) in [5.41, 5.74) is 1.75. The summed E-state index contributed by atoms with van der Waals surface area (Å²) < 4.78 is 10.9. The first-order chi connectivity index (χ1) is 13.1. The van der Waals surface area contributed by atoms with Gasteiger partial charge in [0.15, 0.2) is 5.69 Å². The Morgan fingerprint density at radius 3 is 2.70 bits per heavy atom. The molecule has 0 unspecified atom stereocenters. The summed E-state index contributed by atoms with van der Waals surface area (Å²) in [6.07, 6.45) is 5.51. The molecule has 0 bridgehead atoms. The first-order valence-electron chi connectivity index (χ1n) is 9.01. The molecule has 0 radical (unpaired) electrons. The molecule has 0 aliphatic carbocycles. The van der Waals surface area contributed by atoms with Crippen molar-refractivity contribution in [3.8, 4) is 11.6 Å². The lowest BCUT2D eigenvalue weighted by Crippen LogP contribution is -2.38. The lowest BCUT2D eigenvalue weighted by Gasteiger charge is -2.29. The highest BCUT2D eigenvalue weighted by molar-refractivity contribution is 5.92. The second kappa shape index (κ2) is 7.26. The van der Waals surface area contributed by atoms with Gasteiger partial charge in [0.1, 0.15) is 11.5 Å². The summed E-state index contributed by atoms with van der Waals surface area (Å²) >= 11 is 0. The molecule has 3 aromatic rings. The lowest BCUT2D eigenvalue weighted by atomic mass is 9.96. The molecule has 4 heterocycles. The Balaban J connectivity index is 1.39. The molecule has 27 heavy (non-hydrogen) atoms. The van der Waals surface area contributed by atoms with Crippen molar-refractivity contribution in [2.24, 2.45) is 0 Å². The smallest absolute Gasteiger partial charge is 0.276 e. The maximum atomic E-state index is 12.5. The number of hydrogen-bond acceptors (Lipinski definition) is 8. The van der Waals surface area contributed by atoms with Gasteiger partial charge in [-0.15, -0.1) is 10.2 Å². The largest absolute Gasteiger partial charge is 0.419 e. The highest BCUT2D eigenvalue weighted by Gasteiger charge is 2.29. The highest BCUT2D eigenvalue weighted by Crippen LogP contribution is 2.29. The molecular weight excluding hydrogens is 348 g/mol. The predicted octanol–water partition coefficient (Wildman–Crippen LogP) is 2.41. The van der Waals surface area contributed by atoms with E-state index in [1.807, 2.05) is 13.8 Å². The third-order valence-electron chi connectivity index (χ3n) is 4.70. The van der Waals surface area contributed by atoms with E-state index in [9.17, 15) is 4.79 Å². The molecule has 0 saturated carbocycles. The van der Waals surface area contributed by atoms with Gasteiger partial charge < -0.3 is 13.8 Å². The topological polar surface area (TPSA) is 111 Å². The Bertz CT molecular complexity index is 925. The minimum Gasteiger partial charge on any atom is -0.419 e. The molecular formula is C18H20N6O3. The fraction of sp³-hybridized carbons (Fsp3) is 0.444. The first kappa shape index (κ1) is 17.3. The van der Waals surface area contributed by atoms with E-state index in [-0.39, 0.29) is 11.8 Å². The summed E-state index contributed by atoms with van der Waals surface area (Å²) in [6.45, 7) is 5.05. The molecule has 4 rings (SSSR count). The Labute approximate surface area is 155 Å². The van der Waals surface area contributed by atoms with Crippen LogP contribution in [0.1, 0.15) is 53.5 Å². The predicted molar refractivity (Wildman–Crippen MR) is 93.8 cm³/mol. The number of aryl methyl sites for hydroxylation is 2. The van der Waals surface area contributed by atoms with Crippen molar-refractivity contribution in [2.75, 3.05) is 13.1 Å². The van der Waals surface area contributed by atoms with E-state index < -0.39 is 0 Å². The van der Waals surface area contributed by atoms with Crippen molar-refractivity contribution in [3.63, 3.8) is 0 Å². The van der Waals surface area contributed by atoms with Crippen molar-refractivity contribution in [2.45, 2.75) is 39.0 Å². The van der Waals surface area contributed by atoms with Crippen LogP contribution >= 0.6 is 0 Å². The molecule has 1 aliphatic heterocycles. The summed E-state index contributed by atoms with van der Waals surface area (Å²) in [4.78, 5) is 22.8. The fourth-order valence-electron chi connectivity index (χ4n) is 3.08. The first-order valence-corrected chi connectivity index (χ1v) is 9.01. The van der Waals surface area contributed by atoms with Gasteiger partial charge in [0.25, 0.3) is 11.8 Å². The molecule has 1 fully saturated rings. The van der Waals surface area contributed by atoms with Crippen LogP contribution < -0.4 is 0 Å². The zero-order valence-corrected chi connectivity index (χ0v) is 15.3. The minimum atomic E-state index is -0.0990. The van der Waals surface area contributed by atoms with Gasteiger partial charge in [-0.1, -0.05) is 12.1 Å². The zero-order valence-electron chi connectivity index (χ0n) is 15.3. The quantitative estimate of drug-likeness (QED) is 0.690. The number of carbonyl (C=O) groups is 1.